The Labute approximate surface area is 102 Å². The molecule has 2 heterocycles. The molecule has 1 aromatic rings. The van der Waals surface area contributed by atoms with E-state index in [0.29, 0.717) is 12.5 Å². The Morgan fingerprint density at radius 3 is 3.12 bits per heavy atom. The zero-order valence-electron chi connectivity index (χ0n) is 10.3. The topological polar surface area (TPSA) is 62.4 Å². The molecule has 0 aromatic carbocycles. The zero-order chi connectivity index (χ0) is 12.3. The summed E-state index contributed by atoms with van der Waals surface area (Å²) in [5.41, 5.74) is 7.87. The highest BCUT2D eigenvalue weighted by molar-refractivity contribution is 5.19. The Hall–Kier alpha value is -0.970. The molecule has 1 aromatic heterocycles. The lowest BCUT2D eigenvalue weighted by atomic mass is 9.96. The molecule has 1 aliphatic heterocycles. The number of hydrogen-bond donors (Lipinski definition) is 2. The molecule has 2 unspecified atom stereocenters. The van der Waals surface area contributed by atoms with Crippen molar-refractivity contribution in [1.82, 2.24) is 9.88 Å². The van der Waals surface area contributed by atoms with E-state index in [0.717, 1.165) is 31.7 Å². The molecule has 2 atom stereocenters. The van der Waals surface area contributed by atoms with Crippen molar-refractivity contribution in [2.45, 2.75) is 32.5 Å². The van der Waals surface area contributed by atoms with Crippen LogP contribution >= 0.6 is 0 Å². The fraction of sp³-hybridized carbons (Fsp3) is 0.615. The molecule has 0 aliphatic carbocycles. The number of likely N-dealkylation sites (tertiary alicyclic amines) is 1. The van der Waals surface area contributed by atoms with Gasteiger partial charge in [-0.3, -0.25) is 9.88 Å². The Bertz CT molecular complexity index is 369. The van der Waals surface area contributed by atoms with Crippen LogP contribution in [0.3, 0.4) is 0 Å². The number of aliphatic hydroxyl groups is 1. The highest BCUT2D eigenvalue weighted by atomic mass is 16.3. The summed E-state index contributed by atoms with van der Waals surface area (Å²) >= 11 is 0. The highest BCUT2D eigenvalue weighted by Gasteiger charge is 2.24. The predicted molar refractivity (Wildman–Crippen MR) is 67.2 cm³/mol. The second-order valence-electron chi connectivity index (χ2n) is 4.88. The van der Waals surface area contributed by atoms with Crippen LogP contribution in [0.5, 0.6) is 0 Å². The average molecular weight is 235 g/mol. The number of nitrogens with two attached hydrogens (primary N) is 1. The van der Waals surface area contributed by atoms with Gasteiger partial charge in [-0.2, -0.15) is 0 Å². The van der Waals surface area contributed by atoms with Gasteiger partial charge in [0.2, 0.25) is 0 Å². The maximum atomic E-state index is 9.70. The van der Waals surface area contributed by atoms with Crippen molar-refractivity contribution >= 4 is 0 Å². The summed E-state index contributed by atoms with van der Waals surface area (Å²) in [7, 11) is 0. The van der Waals surface area contributed by atoms with Gasteiger partial charge in [0.15, 0.2) is 0 Å². The van der Waals surface area contributed by atoms with E-state index in [4.69, 9.17) is 5.73 Å². The van der Waals surface area contributed by atoms with Crippen molar-refractivity contribution in [3.63, 3.8) is 0 Å². The molecule has 0 amide bonds. The molecule has 1 saturated heterocycles. The van der Waals surface area contributed by atoms with E-state index in [1.807, 2.05) is 6.07 Å². The molecule has 1 fully saturated rings. The quantitative estimate of drug-likeness (QED) is 0.811. The third-order valence-electron chi connectivity index (χ3n) is 3.52. The van der Waals surface area contributed by atoms with Crippen molar-refractivity contribution in [1.29, 1.82) is 0 Å². The number of rotatable bonds is 3. The second-order valence-corrected chi connectivity index (χ2v) is 4.88. The number of aliphatic hydroxyl groups excluding tert-OH is 1. The van der Waals surface area contributed by atoms with Crippen LogP contribution in [0.2, 0.25) is 0 Å². The summed E-state index contributed by atoms with van der Waals surface area (Å²) < 4.78 is 0. The summed E-state index contributed by atoms with van der Waals surface area (Å²) in [6.45, 7) is 5.37. The Balaban J connectivity index is 2.01. The maximum Gasteiger partial charge on any atom is 0.0590 e. The number of hydrogen-bond acceptors (Lipinski definition) is 4. The summed E-state index contributed by atoms with van der Waals surface area (Å²) in [6.07, 6.45) is 2.50. The van der Waals surface area contributed by atoms with Crippen LogP contribution in [-0.2, 0) is 13.1 Å². The van der Waals surface area contributed by atoms with Crippen LogP contribution in [0.1, 0.15) is 24.6 Å². The molecule has 3 N–H and O–H groups in total. The van der Waals surface area contributed by atoms with E-state index in [9.17, 15) is 5.11 Å². The maximum absolute atomic E-state index is 9.70. The third kappa shape index (κ3) is 3.03. The lowest BCUT2D eigenvalue weighted by Crippen LogP contribution is -2.41. The van der Waals surface area contributed by atoms with Crippen molar-refractivity contribution in [2.75, 3.05) is 13.1 Å². The van der Waals surface area contributed by atoms with Crippen LogP contribution in [0.15, 0.2) is 18.3 Å². The fourth-order valence-electron chi connectivity index (χ4n) is 2.40. The van der Waals surface area contributed by atoms with E-state index in [1.54, 1.807) is 6.20 Å². The minimum atomic E-state index is -0.144. The third-order valence-corrected chi connectivity index (χ3v) is 3.52. The van der Waals surface area contributed by atoms with Gasteiger partial charge in [-0.15, -0.1) is 0 Å². The van der Waals surface area contributed by atoms with E-state index in [1.165, 1.54) is 5.56 Å². The van der Waals surface area contributed by atoms with Gasteiger partial charge in [-0.05, 0) is 24.0 Å². The Kier molecular flexibility index (Phi) is 4.10. The van der Waals surface area contributed by atoms with Gasteiger partial charge in [0.05, 0.1) is 11.8 Å². The van der Waals surface area contributed by atoms with Crippen LogP contribution in [-0.4, -0.2) is 34.2 Å². The van der Waals surface area contributed by atoms with Crippen LogP contribution in [0, 0.1) is 5.92 Å². The van der Waals surface area contributed by atoms with Crippen molar-refractivity contribution in [3.8, 4) is 0 Å². The molecular weight excluding hydrogens is 214 g/mol. The van der Waals surface area contributed by atoms with Gasteiger partial charge in [0.1, 0.15) is 0 Å². The molecule has 17 heavy (non-hydrogen) atoms. The lowest BCUT2D eigenvalue weighted by molar-refractivity contribution is 0.0319. The average Bonchev–Trinajstić information content (AvgIpc) is 2.34. The SMILES string of the molecule is CC1CN(Cc2cccnc2CN)CCC1O. The first-order valence-electron chi connectivity index (χ1n) is 6.24. The molecular formula is C13H21N3O. The van der Waals surface area contributed by atoms with Crippen molar-refractivity contribution in [2.24, 2.45) is 11.7 Å². The molecule has 0 saturated carbocycles. The number of pyridine rings is 1. The van der Waals surface area contributed by atoms with Crippen molar-refractivity contribution < 1.29 is 5.11 Å². The minimum absolute atomic E-state index is 0.144. The summed E-state index contributed by atoms with van der Waals surface area (Å²) in [6, 6.07) is 4.04. The van der Waals surface area contributed by atoms with E-state index in [2.05, 4.69) is 22.9 Å². The first-order valence-corrected chi connectivity index (χ1v) is 6.24. The predicted octanol–water partition coefficient (Wildman–Crippen LogP) is 0.743. The van der Waals surface area contributed by atoms with Gasteiger partial charge in [0.25, 0.3) is 0 Å². The Morgan fingerprint density at radius 2 is 2.41 bits per heavy atom. The van der Waals surface area contributed by atoms with E-state index < -0.39 is 0 Å². The fourth-order valence-corrected chi connectivity index (χ4v) is 2.40. The molecule has 94 valence electrons. The number of aromatic nitrogens is 1. The summed E-state index contributed by atoms with van der Waals surface area (Å²) in [5, 5.41) is 9.70. The first kappa shape index (κ1) is 12.5. The van der Waals surface area contributed by atoms with Gasteiger partial charge in [0, 0.05) is 32.4 Å². The van der Waals surface area contributed by atoms with Crippen LogP contribution in [0.4, 0.5) is 0 Å². The van der Waals surface area contributed by atoms with E-state index >= 15 is 0 Å². The highest BCUT2D eigenvalue weighted by Crippen LogP contribution is 2.19. The monoisotopic (exact) mass is 235 g/mol. The second kappa shape index (κ2) is 5.58. The Morgan fingerprint density at radius 1 is 1.59 bits per heavy atom. The largest absolute Gasteiger partial charge is 0.393 e. The molecule has 2 rings (SSSR count). The van der Waals surface area contributed by atoms with Gasteiger partial charge >= 0.3 is 0 Å². The first-order chi connectivity index (χ1) is 8.20. The van der Waals surface area contributed by atoms with Gasteiger partial charge < -0.3 is 10.8 Å². The minimum Gasteiger partial charge on any atom is -0.393 e. The standard InChI is InChI=1S/C13H21N3O/c1-10-8-16(6-4-13(10)17)9-11-3-2-5-15-12(11)7-14/h2-3,5,10,13,17H,4,6-9,14H2,1H3. The smallest absolute Gasteiger partial charge is 0.0590 e. The lowest BCUT2D eigenvalue weighted by Gasteiger charge is -2.34. The molecule has 4 heteroatoms. The molecule has 4 nitrogen and oxygen atoms in total. The number of piperidine rings is 1. The van der Waals surface area contributed by atoms with Gasteiger partial charge in [-0.25, -0.2) is 0 Å². The van der Waals surface area contributed by atoms with Crippen LogP contribution in [0.25, 0.3) is 0 Å². The molecule has 0 spiro atoms. The molecule has 0 bridgehead atoms. The summed E-state index contributed by atoms with van der Waals surface area (Å²) in [4.78, 5) is 6.66. The molecule has 0 radical (unpaired) electrons. The normalized spacial score (nSPS) is 26.1. The summed E-state index contributed by atoms with van der Waals surface area (Å²) in [5.74, 6) is 0.349. The zero-order valence-corrected chi connectivity index (χ0v) is 10.3. The van der Waals surface area contributed by atoms with E-state index in [-0.39, 0.29) is 6.10 Å². The van der Waals surface area contributed by atoms with Gasteiger partial charge in [-0.1, -0.05) is 13.0 Å². The molecule has 1 aliphatic rings. The number of nitrogens with zero attached hydrogens (tertiary/aromatic N) is 2. The van der Waals surface area contributed by atoms with Crippen LogP contribution < -0.4 is 5.73 Å². The van der Waals surface area contributed by atoms with Crippen molar-refractivity contribution in [3.05, 3.63) is 29.6 Å².